The van der Waals surface area contributed by atoms with Crippen LogP contribution in [0, 0.1) is 12.3 Å². The number of anilines is 4. The number of hydrogen-bond acceptors (Lipinski definition) is 2. The fourth-order valence-corrected chi connectivity index (χ4v) is 8.44. The second-order valence-corrected chi connectivity index (χ2v) is 15.9. The zero-order valence-electron chi connectivity index (χ0n) is 36.0. The Bertz CT molecular complexity index is 2940. The first kappa shape index (κ1) is 41.2. The van der Waals surface area contributed by atoms with Crippen molar-refractivity contribution in [2.75, 3.05) is 9.80 Å². The molecule has 64 heavy (non-hydrogen) atoms. The Morgan fingerprint density at radius 2 is 1.05 bits per heavy atom. The van der Waals surface area contributed by atoms with Gasteiger partial charge < -0.3 is 9.80 Å². The van der Waals surface area contributed by atoms with E-state index in [1.807, 2.05) is 12.1 Å². The molecule has 0 bridgehead atoms. The molecular formula is C62H50N2. The van der Waals surface area contributed by atoms with Crippen LogP contribution in [0.1, 0.15) is 36.0 Å². The molecule has 0 aliphatic heterocycles. The number of hydrogen-bond donors (Lipinski definition) is 0. The average Bonchev–Trinajstić information content (AvgIpc) is 3.62. The summed E-state index contributed by atoms with van der Waals surface area (Å²) in [6.45, 7) is 0. The third-order valence-electron chi connectivity index (χ3n) is 11.7. The lowest BCUT2D eigenvalue weighted by Crippen LogP contribution is -2.15. The quantitative estimate of drug-likeness (QED) is 0.0844. The molecule has 0 amide bonds. The molecule has 0 fully saturated rings. The van der Waals surface area contributed by atoms with Gasteiger partial charge in [0.25, 0.3) is 0 Å². The van der Waals surface area contributed by atoms with E-state index in [4.69, 9.17) is 6.42 Å². The summed E-state index contributed by atoms with van der Waals surface area (Å²) in [4.78, 5) is 4.59. The highest BCUT2D eigenvalue weighted by atomic mass is 15.2. The van der Waals surface area contributed by atoms with Gasteiger partial charge in [-0.05, 0) is 130 Å². The molecule has 0 aromatic heterocycles. The SMILES string of the molecule is C#C/C=C(\C=C/Cc1cccc(-c2ccc(-c3ccc(N(C4=CC=C(c5ccccc5)C=CC4)c4ccccc4)cc3)cc2)c1)N(c1ccccc1)c1ccc(C2=CCCC=C2)cc1. The topological polar surface area (TPSA) is 6.48 Å². The van der Waals surface area contributed by atoms with Gasteiger partial charge in [-0.1, -0.05) is 188 Å². The highest BCUT2D eigenvalue weighted by molar-refractivity contribution is 5.80. The molecule has 7 aromatic rings. The molecule has 0 atom stereocenters. The Hall–Kier alpha value is -8.12. The molecule has 0 heterocycles. The highest BCUT2D eigenvalue weighted by Crippen LogP contribution is 2.36. The lowest BCUT2D eigenvalue weighted by molar-refractivity contribution is 1.04. The van der Waals surface area contributed by atoms with Crippen LogP contribution in [0.2, 0.25) is 0 Å². The molecule has 0 saturated heterocycles. The summed E-state index contributed by atoms with van der Waals surface area (Å²) in [5.74, 6) is 2.80. The van der Waals surface area contributed by atoms with Gasteiger partial charge in [0.15, 0.2) is 0 Å². The molecule has 2 aliphatic carbocycles. The van der Waals surface area contributed by atoms with Crippen molar-refractivity contribution in [3.8, 4) is 34.6 Å². The maximum Gasteiger partial charge on any atom is 0.0541 e. The highest BCUT2D eigenvalue weighted by Gasteiger charge is 2.16. The zero-order valence-corrected chi connectivity index (χ0v) is 36.0. The Morgan fingerprint density at radius 1 is 0.500 bits per heavy atom. The molecule has 2 heteroatoms. The lowest BCUT2D eigenvalue weighted by atomic mass is 9.98. The van der Waals surface area contributed by atoms with E-state index < -0.39 is 0 Å². The van der Waals surface area contributed by atoms with Gasteiger partial charge >= 0.3 is 0 Å². The third-order valence-corrected chi connectivity index (χ3v) is 11.7. The molecule has 0 unspecified atom stereocenters. The maximum absolute atomic E-state index is 5.94. The Balaban J connectivity index is 0.906. The predicted molar refractivity (Wildman–Crippen MR) is 273 cm³/mol. The molecule has 0 spiro atoms. The van der Waals surface area contributed by atoms with Crippen molar-refractivity contribution in [2.45, 2.75) is 25.7 Å². The Kier molecular flexibility index (Phi) is 13.0. The van der Waals surface area contributed by atoms with Gasteiger partial charge in [0, 0.05) is 40.9 Å². The van der Waals surface area contributed by atoms with E-state index in [0.717, 1.165) is 54.1 Å². The minimum atomic E-state index is 0.764. The van der Waals surface area contributed by atoms with Crippen molar-refractivity contribution in [3.63, 3.8) is 0 Å². The summed E-state index contributed by atoms with van der Waals surface area (Å²) in [5, 5.41) is 0. The summed E-state index contributed by atoms with van der Waals surface area (Å²) in [6.07, 6.45) is 31.7. The molecule has 9 rings (SSSR count). The number of benzene rings is 7. The van der Waals surface area contributed by atoms with Crippen LogP contribution in [0.5, 0.6) is 0 Å². The van der Waals surface area contributed by atoms with Crippen LogP contribution in [0.4, 0.5) is 22.7 Å². The maximum atomic E-state index is 5.94. The molecule has 0 radical (unpaired) electrons. The number of terminal acetylenes is 1. The zero-order chi connectivity index (χ0) is 43.3. The van der Waals surface area contributed by atoms with Gasteiger partial charge in [0.05, 0.1) is 5.70 Å². The standard InChI is InChI=1S/C62H50N2/c1-2-18-57(63(58-27-11-5-12-28-58)61-43-38-53(39-44-61)50-23-9-4-10-24-50)31-16-20-48-19-15-26-56(47-48)55-35-33-52(34-36-55)54-40-45-62(46-41-54)64(59-29-13-6-14-30-59)60-32-17-25-51(37-42-60)49-21-7-3-8-22-49/h1,3,5-9,11-19,21-31,33-47H,4,10,20,32H2/b31-16-,57-18+. The van der Waals surface area contributed by atoms with Crippen LogP contribution < -0.4 is 9.80 Å². The Morgan fingerprint density at radius 3 is 1.72 bits per heavy atom. The van der Waals surface area contributed by atoms with E-state index >= 15 is 0 Å². The minimum Gasteiger partial charge on any atom is -0.314 e. The number of nitrogens with zero attached hydrogens (tertiary/aromatic N) is 2. The fourth-order valence-electron chi connectivity index (χ4n) is 8.44. The van der Waals surface area contributed by atoms with E-state index in [0.29, 0.717) is 0 Å². The van der Waals surface area contributed by atoms with Crippen molar-refractivity contribution in [3.05, 3.63) is 277 Å². The normalized spacial score (nSPS) is 13.7. The second kappa shape index (κ2) is 20.2. The van der Waals surface area contributed by atoms with Gasteiger partial charge in [0.2, 0.25) is 0 Å². The first-order valence-electron chi connectivity index (χ1n) is 22.1. The molecule has 308 valence electrons. The smallest absolute Gasteiger partial charge is 0.0541 e. The fraction of sp³-hybridized carbons (Fsp3) is 0.0645. The third kappa shape index (κ3) is 9.82. The average molecular weight is 823 g/mol. The van der Waals surface area contributed by atoms with Crippen LogP contribution >= 0.6 is 0 Å². The molecule has 0 N–H and O–H groups in total. The molecule has 7 aromatic carbocycles. The van der Waals surface area contributed by atoms with E-state index in [-0.39, 0.29) is 0 Å². The van der Waals surface area contributed by atoms with Crippen LogP contribution in [-0.4, -0.2) is 0 Å². The Labute approximate surface area is 379 Å². The van der Waals surface area contributed by atoms with E-state index in [1.54, 1.807) is 0 Å². The largest absolute Gasteiger partial charge is 0.314 e. The van der Waals surface area contributed by atoms with E-state index in [2.05, 4.69) is 252 Å². The van der Waals surface area contributed by atoms with Crippen molar-refractivity contribution in [1.82, 2.24) is 0 Å². The van der Waals surface area contributed by atoms with Gasteiger partial charge in [-0.3, -0.25) is 0 Å². The van der Waals surface area contributed by atoms with Crippen molar-refractivity contribution < 1.29 is 0 Å². The summed E-state index contributed by atoms with van der Waals surface area (Å²) in [6, 6.07) is 67.0. The van der Waals surface area contributed by atoms with Crippen LogP contribution in [-0.2, 0) is 6.42 Å². The second-order valence-electron chi connectivity index (χ2n) is 15.9. The molecular weight excluding hydrogens is 773 g/mol. The van der Waals surface area contributed by atoms with Crippen molar-refractivity contribution in [2.24, 2.45) is 0 Å². The van der Waals surface area contributed by atoms with Crippen LogP contribution in [0.25, 0.3) is 33.4 Å². The first-order chi connectivity index (χ1) is 31.7. The van der Waals surface area contributed by atoms with Crippen LogP contribution in [0.15, 0.2) is 260 Å². The van der Waals surface area contributed by atoms with E-state index in [1.165, 1.54) is 55.8 Å². The van der Waals surface area contributed by atoms with Gasteiger partial charge in [-0.2, -0.15) is 0 Å². The van der Waals surface area contributed by atoms with Crippen LogP contribution in [0.3, 0.4) is 0 Å². The van der Waals surface area contributed by atoms with E-state index in [9.17, 15) is 0 Å². The lowest BCUT2D eigenvalue weighted by Gasteiger charge is -2.27. The number of para-hydroxylation sites is 2. The van der Waals surface area contributed by atoms with Gasteiger partial charge in [0.1, 0.15) is 0 Å². The van der Waals surface area contributed by atoms with Crippen molar-refractivity contribution in [1.29, 1.82) is 0 Å². The molecule has 0 saturated carbocycles. The number of allylic oxidation sites excluding steroid dienone is 12. The predicted octanol–water partition coefficient (Wildman–Crippen LogP) is 16.3. The summed E-state index contributed by atoms with van der Waals surface area (Å²) < 4.78 is 0. The molecule has 2 aliphatic rings. The first-order valence-corrected chi connectivity index (χ1v) is 22.1. The summed E-state index contributed by atoms with van der Waals surface area (Å²) >= 11 is 0. The summed E-state index contributed by atoms with van der Waals surface area (Å²) in [7, 11) is 0. The molecule has 2 nitrogen and oxygen atoms in total. The van der Waals surface area contributed by atoms with Gasteiger partial charge in [-0.15, -0.1) is 6.42 Å². The van der Waals surface area contributed by atoms with Crippen molar-refractivity contribution >= 4 is 33.9 Å². The number of rotatable bonds is 13. The summed E-state index contributed by atoms with van der Waals surface area (Å²) in [5.41, 5.74) is 17.4. The minimum absolute atomic E-state index is 0.764. The monoisotopic (exact) mass is 822 g/mol. The van der Waals surface area contributed by atoms with Gasteiger partial charge in [-0.25, -0.2) is 0 Å².